The Balaban J connectivity index is 1.75. The molecule has 8 nitrogen and oxygen atoms in total. The van der Waals surface area contributed by atoms with E-state index in [2.05, 4.69) is 9.97 Å². The lowest BCUT2D eigenvalue weighted by atomic mass is 9.99. The van der Waals surface area contributed by atoms with E-state index in [0.717, 1.165) is 15.4 Å². The van der Waals surface area contributed by atoms with Crippen molar-refractivity contribution in [2.75, 3.05) is 26.0 Å². The fourth-order valence-electron chi connectivity index (χ4n) is 4.42. The summed E-state index contributed by atoms with van der Waals surface area (Å²) in [5, 5.41) is -0.890. The van der Waals surface area contributed by atoms with Gasteiger partial charge in [-0.3, -0.25) is 9.59 Å². The predicted octanol–water partition coefficient (Wildman–Crippen LogP) is 3.99. The molecule has 1 N–H and O–H groups in total. The van der Waals surface area contributed by atoms with Gasteiger partial charge in [-0.2, -0.15) is 0 Å². The highest BCUT2D eigenvalue weighted by Gasteiger charge is 2.37. The number of aryl methyl sites for hydroxylation is 2. The zero-order valence-electron chi connectivity index (χ0n) is 21.5. The van der Waals surface area contributed by atoms with Gasteiger partial charge in [0.05, 0.1) is 10.9 Å². The van der Waals surface area contributed by atoms with Crippen LogP contribution in [-0.4, -0.2) is 49.6 Å². The number of hydrogen-bond acceptors (Lipinski definition) is 6. The monoisotopic (exact) mass is 518 g/mol. The molecule has 0 aliphatic rings. The molecule has 0 saturated heterocycles. The summed E-state index contributed by atoms with van der Waals surface area (Å²) >= 11 is 0. The van der Waals surface area contributed by atoms with E-state index in [1.807, 2.05) is 37.1 Å². The van der Waals surface area contributed by atoms with Crippen LogP contribution in [0.5, 0.6) is 0 Å². The van der Waals surface area contributed by atoms with Crippen LogP contribution in [0.2, 0.25) is 0 Å². The van der Waals surface area contributed by atoms with E-state index in [0.29, 0.717) is 40.1 Å². The van der Waals surface area contributed by atoms with Crippen molar-refractivity contribution in [3.05, 3.63) is 105 Å². The van der Waals surface area contributed by atoms with Crippen LogP contribution in [0.3, 0.4) is 0 Å². The number of H-pyrrole nitrogens is 1. The molecule has 0 radical (unpaired) electrons. The maximum Gasteiger partial charge on any atom is 0.258 e. The highest BCUT2D eigenvalue weighted by molar-refractivity contribution is 7.90. The zero-order valence-corrected chi connectivity index (χ0v) is 22.3. The number of aromatic amines is 1. The van der Waals surface area contributed by atoms with Crippen molar-refractivity contribution >= 4 is 32.4 Å². The Morgan fingerprint density at radius 2 is 1.62 bits per heavy atom. The lowest BCUT2D eigenvalue weighted by Crippen LogP contribution is -2.33. The number of anilines is 1. The van der Waals surface area contributed by atoms with Gasteiger partial charge in [0.1, 0.15) is 5.82 Å². The lowest BCUT2D eigenvalue weighted by Gasteiger charge is -2.26. The maximum atomic E-state index is 13.9. The van der Waals surface area contributed by atoms with Gasteiger partial charge in [0.2, 0.25) is 10.0 Å². The normalized spacial score (nSPS) is 12.6. The molecule has 9 heteroatoms. The quantitative estimate of drug-likeness (QED) is 0.354. The first-order valence-corrected chi connectivity index (χ1v) is 13.3. The summed E-state index contributed by atoms with van der Waals surface area (Å²) in [6, 6.07) is 19.2. The largest absolute Gasteiger partial charge is 0.370 e. The first-order valence-electron chi connectivity index (χ1n) is 11.8. The number of aromatic nitrogens is 2. The number of nitrogens with zero attached hydrogens (tertiary/aromatic N) is 3. The summed E-state index contributed by atoms with van der Waals surface area (Å²) < 4.78 is 27.7. The van der Waals surface area contributed by atoms with Gasteiger partial charge in [-0.1, -0.05) is 42.5 Å². The molecular weight excluding hydrogens is 488 g/mol. The van der Waals surface area contributed by atoms with Crippen molar-refractivity contribution < 1.29 is 13.2 Å². The number of nitrogens with one attached hydrogen (secondary N) is 1. The average Bonchev–Trinajstić information content (AvgIpc) is 2.85. The van der Waals surface area contributed by atoms with Crippen LogP contribution in [0.25, 0.3) is 10.9 Å². The summed E-state index contributed by atoms with van der Waals surface area (Å²) in [7, 11) is 0.734. The van der Waals surface area contributed by atoms with Crippen LogP contribution < -0.4 is 10.5 Å². The number of Topliss-reactive ketones (excluding diaryl/α,β-unsaturated/α-hetero) is 1. The van der Waals surface area contributed by atoms with Crippen molar-refractivity contribution in [2.24, 2.45) is 0 Å². The number of carbonyl (C=O) groups excluding carboxylic acids is 1. The Hall–Kier alpha value is -3.82. The first kappa shape index (κ1) is 26.2. The number of ketones is 1. The van der Waals surface area contributed by atoms with Crippen LogP contribution >= 0.6 is 0 Å². The smallest absolute Gasteiger partial charge is 0.258 e. The minimum atomic E-state index is -3.96. The van der Waals surface area contributed by atoms with Crippen molar-refractivity contribution in [3.63, 3.8) is 0 Å². The minimum Gasteiger partial charge on any atom is -0.370 e. The van der Waals surface area contributed by atoms with Crippen LogP contribution in [0, 0.1) is 13.8 Å². The Labute approximate surface area is 216 Å². The molecule has 0 spiro atoms. The third-order valence-electron chi connectivity index (χ3n) is 6.42. The highest BCUT2D eigenvalue weighted by Crippen LogP contribution is 2.33. The molecule has 1 aromatic heterocycles. The molecule has 0 fully saturated rings. The fraction of sp³-hybridized carbons (Fsp3) is 0.250. The molecule has 37 heavy (non-hydrogen) atoms. The van der Waals surface area contributed by atoms with Crippen molar-refractivity contribution in [1.82, 2.24) is 14.3 Å². The molecule has 0 aliphatic carbocycles. The van der Waals surface area contributed by atoms with Crippen LogP contribution in [0.1, 0.15) is 38.1 Å². The summed E-state index contributed by atoms with van der Waals surface area (Å²) in [6.45, 7) is 4.09. The van der Waals surface area contributed by atoms with Crippen molar-refractivity contribution in [2.45, 2.75) is 25.6 Å². The molecule has 3 aromatic carbocycles. The van der Waals surface area contributed by atoms with E-state index in [-0.39, 0.29) is 5.56 Å². The van der Waals surface area contributed by atoms with E-state index in [4.69, 9.17) is 0 Å². The first-order chi connectivity index (χ1) is 17.5. The topological polar surface area (TPSA) is 103 Å². The zero-order chi connectivity index (χ0) is 26.9. The third kappa shape index (κ3) is 5.19. The summed E-state index contributed by atoms with van der Waals surface area (Å²) in [5.41, 5.74) is 3.58. The van der Waals surface area contributed by atoms with Crippen LogP contribution in [-0.2, 0) is 16.6 Å². The van der Waals surface area contributed by atoms with Gasteiger partial charge >= 0.3 is 0 Å². The second kappa shape index (κ2) is 10.3. The maximum absolute atomic E-state index is 13.9. The number of carbonyl (C=O) groups is 1. The van der Waals surface area contributed by atoms with Crippen molar-refractivity contribution in [1.29, 1.82) is 0 Å². The predicted molar refractivity (Wildman–Crippen MR) is 147 cm³/mol. The summed E-state index contributed by atoms with van der Waals surface area (Å²) in [6.07, 6.45) is 0. The molecule has 4 aromatic rings. The second-order valence-corrected chi connectivity index (χ2v) is 11.5. The van der Waals surface area contributed by atoms with E-state index < -0.39 is 21.1 Å². The molecule has 1 atom stereocenters. The molecule has 0 aliphatic heterocycles. The molecular formula is C28H30N4O4S. The summed E-state index contributed by atoms with van der Waals surface area (Å²) in [5.74, 6) is 0.0450. The highest BCUT2D eigenvalue weighted by atomic mass is 32.2. The Bertz CT molecular complexity index is 1630. The van der Waals surface area contributed by atoms with Gasteiger partial charge in [0.25, 0.3) is 5.56 Å². The minimum absolute atomic E-state index is 0.207. The van der Waals surface area contributed by atoms with Gasteiger partial charge in [0, 0.05) is 38.9 Å². The Morgan fingerprint density at radius 1 is 0.973 bits per heavy atom. The third-order valence-corrected chi connectivity index (χ3v) is 8.52. The van der Waals surface area contributed by atoms with Gasteiger partial charge in [-0.15, -0.1) is 0 Å². The van der Waals surface area contributed by atoms with E-state index in [1.165, 1.54) is 14.1 Å². The molecule has 0 amide bonds. The second-order valence-electron chi connectivity index (χ2n) is 9.30. The van der Waals surface area contributed by atoms with E-state index in [9.17, 15) is 18.0 Å². The Kier molecular flexibility index (Phi) is 7.29. The number of benzene rings is 3. The van der Waals surface area contributed by atoms with Crippen LogP contribution in [0.4, 0.5) is 5.69 Å². The number of para-hydroxylation sites is 1. The van der Waals surface area contributed by atoms with E-state index in [1.54, 1.807) is 55.5 Å². The van der Waals surface area contributed by atoms with Gasteiger partial charge < -0.3 is 9.88 Å². The molecule has 192 valence electrons. The van der Waals surface area contributed by atoms with Gasteiger partial charge in [0.15, 0.2) is 11.0 Å². The standard InChI is InChI=1S/C28H30N4O4S/c1-18-15-24-23(28(34)30-19(2)29-24)16-21(18)17-32(5)25-14-10-9-13-22(25)26(33)27(37(35,36)31(3)4)20-11-7-6-8-12-20/h6-16,27H,17H2,1-5H3,(H,29,30,34). The number of rotatable bonds is 8. The van der Waals surface area contributed by atoms with Gasteiger partial charge in [-0.25, -0.2) is 17.7 Å². The van der Waals surface area contributed by atoms with Gasteiger partial charge in [-0.05, 0) is 54.8 Å². The Morgan fingerprint density at radius 3 is 2.30 bits per heavy atom. The lowest BCUT2D eigenvalue weighted by molar-refractivity contribution is 0.0985. The van der Waals surface area contributed by atoms with E-state index >= 15 is 0 Å². The van der Waals surface area contributed by atoms with Crippen LogP contribution in [0.15, 0.2) is 71.5 Å². The number of hydrogen-bond donors (Lipinski definition) is 1. The fourth-order valence-corrected chi connectivity index (χ4v) is 5.74. The molecule has 4 rings (SSSR count). The molecule has 0 bridgehead atoms. The number of sulfonamides is 1. The summed E-state index contributed by atoms with van der Waals surface area (Å²) in [4.78, 5) is 35.5. The average molecular weight is 519 g/mol. The SMILES string of the molecule is Cc1nc2cc(C)c(CN(C)c3ccccc3C(=O)C(c3ccccc3)S(=O)(=O)N(C)C)cc2c(=O)[nH]1. The number of fused-ring (bicyclic) bond motifs is 1. The molecule has 0 saturated carbocycles. The molecule has 1 unspecified atom stereocenters. The molecule has 1 heterocycles. The van der Waals surface area contributed by atoms with Crippen molar-refractivity contribution in [3.8, 4) is 0 Å².